The standard InChI is InChI=1S/C16H31F3N4O/c1-5-20-15(21-6-11-24-12-13(2)3)23-9-7-22(8-10-23)14(4)16(17,18)19/h13-14H,5-12H2,1-4H3,(H,20,21). The maximum Gasteiger partial charge on any atom is 0.403 e. The van der Waals surface area contributed by atoms with Crippen LogP contribution in [-0.2, 0) is 4.74 Å². The normalized spacial score (nSPS) is 19.0. The second-order valence-electron chi connectivity index (χ2n) is 6.45. The number of piperazine rings is 1. The van der Waals surface area contributed by atoms with E-state index in [1.165, 1.54) is 11.8 Å². The van der Waals surface area contributed by atoms with E-state index in [9.17, 15) is 13.2 Å². The van der Waals surface area contributed by atoms with E-state index in [1.54, 1.807) is 0 Å². The number of rotatable bonds is 7. The van der Waals surface area contributed by atoms with Gasteiger partial charge in [-0.15, -0.1) is 0 Å². The molecular weight excluding hydrogens is 321 g/mol. The Morgan fingerprint density at radius 3 is 2.29 bits per heavy atom. The van der Waals surface area contributed by atoms with Gasteiger partial charge >= 0.3 is 6.18 Å². The molecule has 0 aromatic heterocycles. The fourth-order valence-electron chi connectivity index (χ4n) is 2.49. The summed E-state index contributed by atoms with van der Waals surface area (Å²) in [6.45, 7) is 11.8. The van der Waals surface area contributed by atoms with E-state index in [0.717, 1.165) is 12.5 Å². The average molecular weight is 352 g/mol. The minimum absolute atomic E-state index is 0.384. The molecule has 1 atom stereocenters. The maximum atomic E-state index is 12.8. The number of hydrogen-bond acceptors (Lipinski definition) is 3. The van der Waals surface area contributed by atoms with Gasteiger partial charge in [-0.1, -0.05) is 13.8 Å². The molecule has 0 saturated carbocycles. The molecule has 0 aromatic rings. The van der Waals surface area contributed by atoms with Gasteiger partial charge in [0, 0.05) is 39.3 Å². The molecule has 0 aliphatic carbocycles. The maximum absolute atomic E-state index is 12.8. The number of halogens is 3. The first-order valence-electron chi connectivity index (χ1n) is 8.67. The first-order chi connectivity index (χ1) is 11.3. The van der Waals surface area contributed by atoms with Crippen molar-refractivity contribution in [2.45, 2.75) is 39.9 Å². The Labute approximate surface area is 143 Å². The molecule has 1 rings (SSSR count). The van der Waals surface area contributed by atoms with E-state index < -0.39 is 12.2 Å². The summed E-state index contributed by atoms with van der Waals surface area (Å²) < 4.78 is 43.9. The van der Waals surface area contributed by atoms with Gasteiger partial charge in [0.25, 0.3) is 0 Å². The number of alkyl halides is 3. The highest BCUT2D eigenvalue weighted by molar-refractivity contribution is 5.80. The number of hydrogen-bond donors (Lipinski definition) is 1. The minimum Gasteiger partial charge on any atom is -0.379 e. The van der Waals surface area contributed by atoms with E-state index in [2.05, 4.69) is 24.2 Å². The van der Waals surface area contributed by atoms with Crippen molar-refractivity contribution in [3.8, 4) is 0 Å². The molecular formula is C16H31F3N4O. The Morgan fingerprint density at radius 1 is 1.17 bits per heavy atom. The average Bonchev–Trinajstić information content (AvgIpc) is 2.52. The molecule has 0 spiro atoms. The number of nitrogens with zero attached hydrogens (tertiary/aromatic N) is 3. The Balaban J connectivity index is 2.47. The van der Waals surface area contributed by atoms with Crippen LogP contribution in [0.5, 0.6) is 0 Å². The van der Waals surface area contributed by atoms with E-state index >= 15 is 0 Å². The third-order valence-electron chi connectivity index (χ3n) is 3.92. The van der Waals surface area contributed by atoms with Crippen molar-refractivity contribution in [1.82, 2.24) is 15.1 Å². The van der Waals surface area contributed by atoms with Crippen molar-refractivity contribution < 1.29 is 17.9 Å². The summed E-state index contributed by atoms with van der Waals surface area (Å²) in [4.78, 5) is 8.02. The molecule has 1 heterocycles. The summed E-state index contributed by atoms with van der Waals surface area (Å²) in [5.41, 5.74) is 0. The predicted molar refractivity (Wildman–Crippen MR) is 90.3 cm³/mol. The molecule has 1 aliphatic heterocycles. The van der Waals surface area contributed by atoms with Gasteiger partial charge in [-0.05, 0) is 19.8 Å². The highest BCUT2D eigenvalue weighted by Crippen LogP contribution is 2.25. The molecule has 8 heteroatoms. The Kier molecular flexibility index (Phi) is 8.83. The molecule has 5 nitrogen and oxygen atoms in total. The summed E-state index contributed by atoms with van der Waals surface area (Å²) >= 11 is 0. The van der Waals surface area contributed by atoms with Crippen LogP contribution in [-0.4, -0.2) is 80.5 Å². The highest BCUT2D eigenvalue weighted by Gasteiger charge is 2.41. The topological polar surface area (TPSA) is 40.1 Å². The van der Waals surface area contributed by atoms with Gasteiger partial charge in [-0.2, -0.15) is 13.2 Å². The van der Waals surface area contributed by atoms with Crippen LogP contribution in [0.3, 0.4) is 0 Å². The minimum atomic E-state index is -4.17. The first kappa shape index (κ1) is 21.0. The second kappa shape index (κ2) is 10.1. The summed E-state index contributed by atoms with van der Waals surface area (Å²) in [7, 11) is 0. The molecule has 24 heavy (non-hydrogen) atoms. The van der Waals surface area contributed by atoms with Crippen molar-refractivity contribution in [1.29, 1.82) is 0 Å². The monoisotopic (exact) mass is 352 g/mol. The smallest absolute Gasteiger partial charge is 0.379 e. The van der Waals surface area contributed by atoms with Crippen molar-refractivity contribution in [2.75, 3.05) is 52.5 Å². The van der Waals surface area contributed by atoms with Crippen molar-refractivity contribution in [3.05, 3.63) is 0 Å². The van der Waals surface area contributed by atoms with E-state index in [-0.39, 0.29) is 0 Å². The summed E-state index contributed by atoms with van der Waals surface area (Å²) in [6, 6.07) is -1.40. The molecule has 0 radical (unpaired) electrons. The largest absolute Gasteiger partial charge is 0.403 e. The van der Waals surface area contributed by atoms with Crippen molar-refractivity contribution in [3.63, 3.8) is 0 Å². The van der Waals surface area contributed by atoms with E-state index in [4.69, 9.17) is 4.74 Å². The highest BCUT2D eigenvalue weighted by atomic mass is 19.4. The van der Waals surface area contributed by atoms with Gasteiger partial charge in [0.15, 0.2) is 5.96 Å². The second-order valence-corrected chi connectivity index (χ2v) is 6.45. The van der Waals surface area contributed by atoms with Crippen molar-refractivity contribution >= 4 is 5.96 Å². The van der Waals surface area contributed by atoms with Crippen LogP contribution < -0.4 is 5.32 Å². The van der Waals surface area contributed by atoms with Crippen LogP contribution in [0.15, 0.2) is 4.99 Å². The van der Waals surface area contributed by atoms with E-state index in [1.807, 2.05) is 11.8 Å². The lowest BCUT2D eigenvalue weighted by Gasteiger charge is -2.39. The Morgan fingerprint density at radius 2 is 1.79 bits per heavy atom. The summed E-state index contributed by atoms with van der Waals surface area (Å²) in [5, 5.41) is 3.21. The third-order valence-corrected chi connectivity index (χ3v) is 3.92. The Bertz CT molecular complexity index is 380. The van der Waals surface area contributed by atoms with Crippen LogP contribution in [0.1, 0.15) is 27.7 Å². The number of nitrogens with one attached hydrogen (secondary N) is 1. The summed E-state index contributed by atoms with van der Waals surface area (Å²) in [5.74, 6) is 1.25. The van der Waals surface area contributed by atoms with Gasteiger partial charge in [-0.25, -0.2) is 0 Å². The molecule has 1 fully saturated rings. The molecule has 142 valence electrons. The SMILES string of the molecule is CCNC(=NCCOCC(C)C)N1CCN(C(C)C(F)(F)F)CC1. The van der Waals surface area contributed by atoms with Gasteiger partial charge in [-0.3, -0.25) is 9.89 Å². The molecule has 1 aliphatic rings. The third kappa shape index (κ3) is 7.25. The fraction of sp³-hybridized carbons (Fsp3) is 0.938. The molecule has 0 amide bonds. The fourth-order valence-corrected chi connectivity index (χ4v) is 2.49. The zero-order chi connectivity index (χ0) is 18.2. The van der Waals surface area contributed by atoms with Crippen LogP contribution in [0, 0.1) is 5.92 Å². The Hall–Kier alpha value is -1.02. The summed E-state index contributed by atoms with van der Waals surface area (Å²) in [6.07, 6.45) is -4.17. The van der Waals surface area contributed by atoms with Crippen LogP contribution in [0.25, 0.3) is 0 Å². The number of aliphatic imine (C=N–C) groups is 1. The molecule has 0 bridgehead atoms. The van der Waals surface area contributed by atoms with Crippen molar-refractivity contribution in [2.24, 2.45) is 10.9 Å². The quantitative estimate of drug-likeness (QED) is 0.433. The molecule has 1 unspecified atom stereocenters. The van der Waals surface area contributed by atoms with Crippen LogP contribution in [0.4, 0.5) is 13.2 Å². The first-order valence-corrected chi connectivity index (χ1v) is 8.67. The lowest BCUT2D eigenvalue weighted by atomic mass is 10.2. The molecule has 1 N–H and O–H groups in total. The molecule has 0 aromatic carbocycles. The van der Waals surface area contributed by atoms with Gasteiger partial charge < -0.3 is 15.0 Å². The lowest BCUT2D eigenvalue weighted by Crippen LogP contribution is -2.56. The van der Waals surface area contributed by atoms with Crippen LogP contribution >= 0.6 is 0 Å². The van der Waals surface area contributed by atoms with Gasteiger partial charge in [0.05, 0.1) is 13.2 Å². The predicted octanol–water partition coefficient (Wildman–Crippen LogP) is 2.19. The lowest BCUT2D eigenvalue weighted by molar-refractivity contribution is -0.181. The molecule has 1 saturated heterocycles. The number of guanidine groups is 1. The van der Waals surface area contributed by atoms with Gasteiger partial charge in [0.2, 0.25) is 0 Å². The zero-order valence-corrected chi connectivity index (χ0v) is 15.2. The zero-order valence-electron chi connectivity index (χ0n) is 15.2. The van der Waals surface area contributed by atoms with Gasteiger partial charge in [0.1, 0.15) is 6.04 Å². The van der Waals surface area contributed by atoms with E-state index in [0.29, 0.717) is 51.9 Å². The number of ether oxygens (including phenoxy) is 1. The van der Waals surface area contributed by atoms with Crippen LogP contribution in [0.2, 0.25) is 0 Å².